The van der Waals surface area contributed by atoms with Crippen molar-refractivity contribution in [2.24, 2.45) is 16.8 Å². The number of hydrogen-bond donors (Lipinski definition) is 2. The van der Waals surface area contributed by atoms with Crippen LogP contribution < -0.4 is 5.32 Å². The predicted molar refractivity (Wildman–Crippen MR) is 117 cm³/mol. The predicted octanol–water partition coefficient (Wildman–Crippen LogP) is 2.00. The lowest BCUT2D eigenvalue weighted by Crippen LogP contribution is -2.61. The number of aliphatic hydroxyl groups excluding tert-OH is 1. The Morgan fingerprint density at radius 3 is 2.76 bits per heavy atom. The number of nitrogens with one attached hydrogen (secondary N) is 1. The van der Waals surface area contributed by atoms with Gasteiger partial charge in [0.2, 0.25) is 0 Å². The molecule has 6 heterocycles. The van der Waals surface area contributed by atoms with Crippen LogP contribution in [-0.4, -0.2) is 79.9 Å². The molecule has 1 aliphatic carbocycles. The fraction of sp³-hybridized carbons (Fsp3) is 0.524. The van der Waals surface area contributed by atoms with Crippen molar-refractivity contribution in [2.45, 2.75) is 31.5 Å². The highest BCUT2D eigenvalue weighted by molar-refractivity contribution is 7.11. The van der Waals surface area contributed by atoms with Gasteiger partial charge in [0.05, 0.1) is 24.4 Å². The fourth-order valence-corrected chi connectivity index (χ4v) is 5.97. The second kappa shape index (κ2) is 7.87. The summed E-state index contributed by atoms with van der Waals surface area (Å²) in [6.45, 7) is -0.727. The molecule has 0 aromatic carbocycles. The number of amides is 2. The zero-order valence-electron chi connectivity index (χ0n) is 17.6. The average molecular weight is 476 g/mol. The molecule has 12 heteroatoms. The van der Waals surface area contributed by atoms with E-state index in [1.807, 2.05) is 10.3 Å². The molecular formula is C21H23F2N7O2S. The van der Waals surface area contributed by atoms with Gasteiger partial charge in [-0.05, 0) is 12.5 Å². The highest BCUT2D eigenvalue weighted by Gasteiger charge is 2.47. The van der Waals surface area contributed by atoms with Crippen LogP contribution in [0, 0.1) is 11.8 Å². The van der Waals surface area contributed by atoms with E-state index >= 15 is 0 Å². The van der Waals surface area contributed by atoms with E-state index in [4.69, 9.17) is 4.99 Å². The first kappa shape index (κ1) is 20.7. The first-order valence-electron chi connectivity index (χ1n) is 11.0. The lowest BCUT2D eigenvalue weighted by Gasteiger charge is -2.51. The van der Waals surface area contributed by atoms with Crippen LogP contribution in [0.5, 0.6) is 0 Å². The van der Waals surface area contributed by atoms with Gasteiger partial charge in [-0.1, -0.05) is 0 Å². The fourth-order valence-electron chi connectivity index (χ4n) is 5.31. The van der Waals surface area contributed by atoms with E-state index in [-0.39, 0.29) is 30.0 Å². The molecule has 2 N–H and O–H groups in total. The van der Waals surface area contributed by atoms with Crippen LogP contribution in [0.15, 0.2) is 34.5 Å². The number of alkyl halides is 2. The molecule has 4 fully saturated rings. The lowest BCUT2D eigenvalue weighted by molar-refractivity contribution is -0.0949. The first-order valence-corrected chi connectivity index (χ1v) is 11.9. The summed E-state index contributed by atoms with van der Waals surface area (Å²) in [7, 11) is 0. The number of rotatable bonds is 4. The summed E-state index contributed by atoms with van der Waals surface area (Å²) in [5, 5.41) is 19.8. The third-order valence-corrected chi connectivity index (χ3v) is 7.77. The molecule has 2 aromatic rings. The van der Waals surface area contributed by atoms with Crippen LogP contribution in [0.3, 0.4) is 0 Å². The summed E-state index contributed by atoms with van der Waals surface area (Å²) in [5.74, 6) is 1.08. The van der Waals surface area contributed by atoms with E-state index in [2.05, 4.69) is 15.4 Å². The molecule has 4 aliphatic heterocycles. The van der Waals surface area contributed by atoms with Crippen molar-refractivity contribution < 1.29 is 18.7 Å². The van der Waals surface area contributed by atoms with E-state index in [1.165, 1.54) is 17.5 Å². The summed E-state index contributed by atoms with van der Waals surface area (Å²) in [4.78, 5) is 25.8. The van der Waals surface area contributed by atoms with Crippen molar-refractivity contribution >= 4 is 28.8 Å². The Balaban J connectivity index is 1.24. The number of aliphatic imine (C=N–C) groups is 1. The molecule has 4 atom stereocenters. The van der Waals surface area contributed by atoms with Crippen LogP contribution in [0.1, 0.15) is 30.1 Å². The van der Waals surface area contributed by atoms with E-state index in [1.54, 1.807) is 17.2 Å². The van der Waals surface area contributed by atoms with Gasteiger partial charge in [0.25, 0.3) is 0 Å². The van der Waals surface area contributed by atoms with Crippen molar-refractivity contribution in [1.29, 1.82) is 0 Å². The van der Waals surface area contributed by atoms with E-state index < -0.39 is 6.55 Å². The number of thiazole rings is 1. The van der Waals surface area contributed by atoms with Crippen LogP contribution in [0.4, 0.5) is 13.6 Å². The molecule has 174 valence electrons. The monoisotopic (exact) mass is 475 g/mol. The van der Waals surface area contributed by atoms with E-state index in [9.17, 15) is 18.7 Å². The quantitative estimate of drug-likeness (QED) is 0.705. The topological polar surface area (TPSA) is 98.9 Å². The number of hydrogen-bond acceptors (Lipinski definition) is 7. The largest absolute Gasteiger partial charge is 0.392 e. The number of nitrogens with zero attached hydrogens (tertiary/aromatic N) is 6. The van der Waals surface area contributed by atoms with Crippen LogP contribution >= 0.6 is 11.3 Å². The van der Waals surface area contributed by atoms with E-state index in [0.717, 1.165) is 28.5 Å². The number of carbonyl (C=O) groups excluding carboxylic acids is 1. The Morgan fingerprint density at radius 2 is 2.09 bits per heavy atom. The summed E-state index contributed by atoms with van der Waals surface area (Å²) in [6.07, 6.45) is 4.24. The number of halogens is 2. The van der Waals surface area contributed by atoms with Crippen LogP contribution in [0.2, 0.25) is 0 Å². The molecule has 3 saturated heterocycles. The Bertz CT molecular complexity index is 1120. The molecule has 1 saturated carbocycles. The molecular weight excluding hydrogens is 452 g/mol. The highest BCUT2D eigenvalue weighted by Crippen LogP contribution is 2.40. The minimum Gasteiger partial charge on any atom is -0.392 e. The number of piperidine rings is 2. The molecule has 2 aromatic heterocycles. The number of aromatic nitrogens is 3. The average Bonchev–Trinajstić information content (AvgIpc) is 3.58. The number of aliphatic hydroxyl groups is 1. The molecule has 0 spiro atoms. The molecule has 2 amide bonds. The van der Waals surface area contributed by atoms with Gasteiger partial charge < -0.3 is 20.2 Å². The Labute approximate surface area is 192 Å². The highest BCUT2D eigenvalue weighted by atomic mass is 32.1. The van der Waals surface area contributed by atoms with Crippen molar-refractivity contribution in [3.8, 4) is 0 Å². The molecule has 9 nitrogen and oxygen atoms in total. The molecule has 2 bridgehead atoms. The molecule has 0 radical (unpaired) electrons. The van der Waals surface area contributed by atoms with Gasteiger partial charge in [-0.3, -0.25) is 4.99 Å². The summed E-state index contributed by atoms with van der Waals surface area (Å²) >= 11 is 1.48. The van der Waals surface area contributed by atoms with Gasteiger partial charge >= 0.3 is 12.6 Å². The molecule has 7 rings (SSSR count). The van der Waals surface area contributed by atoms with E-state index in [0.29, 0.717) is 43.0 Å². The molecule has 33 heavy (non-hydrogen) atoms. The van der Waals surface area contributed by atoms with Gasteiger partial charge in [0, 0.05) is 66.9 Å². The van der Waals surface area contributed by atoms with Gasteiger partial charge in [-0.25, -0.2) is 14.5 Å². The second-order valence-corrected chi connectivity index (χ2v) is 9.87. The van der Waals surface area contributed by atoms with Crippen molar-refractivity contribution in [1.82, 2.24) is 29.9 Å². The lowest BCUT2D eigenvalue weighted by atomic mass is 9.68. The third kappa shape index (κ3) is 3.52. The summed E-state index contributed by atoms with van der Waals surface area (Å²) in [6, 6.07) is 1.29. The number of carbonyl (C=O) groups is 1. The summed E-state index contributed by atoms with van der Waals surface area (Å²) < 4.78 is 26.8. The number of urea groups is 1. The third-order valence-electron chi connectivity index (χ3n) is 7.00. The number of amidine groups is 1. The molecule has 5 aliphatic rings. The Morgan fingerprint density at radius 1 is 1.27 bits per heavy atom. The zero-order chi connectivity index (χ0) is 22.7. The normalized spacial score (nSPS) is 28.7. The van der Waals surface area contributed by atoms with Crippen LogP contribution in [0.25, 0.3) is 5.57 Å². The Hall–Kier alpha value is -2.86. The van der Waals surface area contributed by atoms with Crippen molar-refractivity contribution in [3.63, 3.8) is 0 Å². The maximum absolute atomic E-state index is 13.1. The minimum absolute atomic E-state index is 0.127. The minimum atomic E-state index is -2.71. The zero-order valence-corrected chi connectivity index (χ0v) is 18.5. The van der Waals surface area contributed by atoms with Crippen molar-refractivity contribution in [3.05, 3.63) is 40.2 Å². The SMILES string of the molecule is O=C(N[C@H]1CC2=C(c3ccn(C(F)F)n3)CN=C(c3nccs3)N2C1)N1C[C@H]2C[C@@H](C1)[C@H]2O. The summed E-state index contributed by atoms with van der Waals surface area (Å²) in [5.41, 5.74) is 2.18. The van der Waals surface area contributed by atoms with Crippen molar-refractivity contribution in [2.75, 3.05) is 26.2 Å². The number of fused-ring (bicyclic) bond motifs is 3. The van der Waals surface area contributed by atoms with Gasteiger partial charge in [0.1, 0.15) is 0 Å². The smallest absolute Gasteiger partial charge is 0.333 e. The standard InChI is InChI=1S/C21H23F2N7O2S/c22-20(23)30-3-1-15(27-30)14-7-25-18(19-24-2-4-33-19)29-10-13(6-16(14)29)26-21(32)28-8-11-5-12(9-28)17(11)31/h1-4,11-13,17,20,31H,5-10H2,(H,26,32)/t11-,12+,13-,17+/m0/s1. The molecule has 0 unspecified atom stereocenters. The maximum atomic E-state index is 13.1. The maximum Gasteiger partial charge on any atom is 0.333 e. The van der Waals surface area contributed by atoms with Crippen LogP contribution in [-0.2, 0) is 0 Å². The Kier molecular flexibility index (Phi) is 4.94. The van der Waals surface area contributed by atoms with Gasteiger partial charge in [-0.2, -0.15) is 13.9 Å². The van der Waals surface area contributed by atoms with Gasteiger partial charge in [-0.15, -0.1) is 11.3 Å². The second-order valence-electron chi connectivity index (χ2n) is 8.97. The van der Waals surface area contributed by atoms with Gasteiger partial charge in [0.15, 0.2) is 10.8 Å². The first-order chi connectivity index (χ1) is 16.0.